The molecule has 0 saturated heterocycles. The summed E-state index contributed by atoms with van der Waals surface area (Å²) in [4.78, 5) is 12.8. The Hall–Kier alpha value is -1.92. The van der Waals surface area contributed by atoms with Gasteiger partial charge in [0.15, 0.2) is 9.84 Å². The maximum Gasteiger partial charge on any atom is 0.318 e. The summed E-state index contributed by atoms with van der Waals surface area (Å²) in [5, 5.41) is 11.0. The SMILES string of the molecule is O=C(O)CS(=O)(=O)CCN(Cc1ccc2ccccc2c1)C1CC1. The summed E-state index contributed by atoms with van der Waals surface area (Å²) in [5.74, 6) is -2.19. The van der Waals surface area contributed by atoms with Gasteiger partial charge in [-0.1, -0.05) is 36.4 Å². The Morgan fingerprint density at radius 1 is 1.12 bits per heavy atom. The van der Waals surface area contributed by atoms with Gasteiger partial charge in [-0.2, -0.15) is 0 Å². The topological polar surface area (TPSA) is 74.7 Å². The van der Waals surface area contributed by atoms with Crippen molar-refractivity contribution >= 4 is 26.6 Å². The van der Waals surface area contributed by atoms with Crippen LogP contribution in [-0.2, 0) is 21.2 Å². The number of carboxylic acids is 1. The first kappa shape index (κ1) is 16.9. The number of hydrogen-bond donors (Lipinski definition) is 1. The zero-order valence-corrected chi connectivity index (χ0v) is 14.2. The van der Waals surface area contributed by atoms with Crippen molar-refractivity contribution in [2.75, 3.05) is 18.1 Å². The van der Waals surface area contributed by atoms with Crippen LogP contribution in [0.25, 0.3) is 10.8 Å². The predicted octanol–water partition coefficient (Wildman–Crippen LogP) is 2.30. The lowest BCUT2D eigenvalue weighted by Crippen LogP contribution is -2.32. The van der Waals surface area contributed by atoms with E-state index in [2.05, 4.69) is 35.2 Å². The van der Waals surface area contributed by atoms with Crippen molar-refractivity contribution in [2.45, 2.75) is 25.4 Å². The summed E-state index contributed by atoms with van der Waals surface area (Å²) in [6, 6.07) is 14.8. The molecular formula is C18H21NO4S. The van der Waals surface area contributed by atoms with E-state index in [1.807, 2.05) is 12.1 Å². The molecule has 0 aromatic heterocycles. The number of nitrogens with zero attached hydrogens (tertiary/aromatic N) is 1. The Bertz CT molecular complexity index is 843. The normalized spacial score (nSPS) is 15.0. The minimum absolute atomic E-state index is 0.108. The lowest BCUT2D eigenvalue weighted by molar-refractivity contribution is -0.134. The fourth-order valence-corrected chi connectivity index (χ4v) is 3.95. The minimum Gasteiger partial charge on any atom is -0.480 e. The predicted molar refractivity (Wildman–Crippen MR) is 93.7 cm³/mol. The van der Waals surface area contributed by atoms with E-state index < -0.39 is 21.6 Å². The van der Waals surface area contributed by atoms with Crippen LogP contribution < -0.4 is 0 Å². The highest BCUT2D eigenvalue weighted by Crippen LogP contribution is 2.28. The average Bonchev–Trinajstić information content (AvgIpc) is 3.35. The van der Waals surface area contributed by atoms with E-state index in [0.717, 1.165) is 18.4 Å². The molecule has 0 aliphatic heterocycles. The second-order valence-electron chi connectivity index (χ2n) is 6.37. The van der Waals surface area contributed by atoms with Gasteiger partial charge in [0.2, 0.25) is 0 Å². The summed E-state index contributed by atoms with van der Waals surface area (Å²) in [6.07, 6.45) is 2.15. The number of aliphatic carboxylic acids is 1. The molecule has 6 heteroatoms. The number of rotatable bonds is 8. The van der Waals surface area contributed by atoms with Gasteiger partial charge in [0.05, 0.1) is 5.75 Å². The van der Waals surface area contributed by atoms with Crippen molar-refractivity contribution in [3.63, 3.8) is 0 Å². The largest absolute Gasteiger partial charge is 0.480 e. The maximum atomic E-state index is 11.8. The molecule has 0 bridgehead atoms. The molecule has 1 saturated carbocycles. The Kier molecular flexibility index (Phi) is 4.87. The standard InChI is InChI=1S/C18H21NO4S/c20-18(21)13-24(22,23)10-9-19(17-7-8-17)12-14-5-6-15-3-1-2-4-16(15)11-14/h1-6,11,17H,7-10,12-13H2,(H,20,21). The van der Waals surface area contributed by atoms with Gasteiger partial charge >= 0.3 is 5.97 Å². The summed E-state index contributed by atoms with van der Waals surface area (Å²) in [7, 11) is -3.55. The Morgan fingerprint density at radius 2 is 1.83 bits per heavy atom. The van der Waals surface area contributed by atoms with Crippen molar-refractivity contribution in [1.82, 2.24) is 4.90 Å². The van der Waals surface area contributed by atoms with Crippen molar-refractivity contribution in [2.24, 2.45) is 0 Å². The molecule has 0 radical (unpaired) electrons. The van der Waals surface area contributed by atoms with Crippen LogP contribution in [-0.4, -0.2) is 48.5 Å². The van der Waals surface area contributed by atoms with E-state index in [9.17, 15) is 13.2 Å². The molecule has 1 fully saturated rings. The third kappa shape index (κ3) is 4.55. The molecule has 1 N–H and O–H groups in total. The Labute approximate surface area is 141 Å². The number of hydrogen-bond acceptors (Lipinski definition) is 4. The van der Waals surface area contributed by atoms with E-state index >= 15 is 0 Å². The highest BCUT2D eigenvalue weighted by atomic mass is 32.2. The number of sulfone groups is 1. The maximum absolute atomic E-state index is 11.8. The molecule has 2 aromatic rings. The van der Waals surface area contributed by atoms with Crippen LogP contribution in [0.1, 0.15) is 18.4 Å². The molecule has 1 aliphatic rings. The van der Waals surface area contributed by atoms with Gasteiger partial charge in [-0.15, -0.1) is 0 Å². The van der Waals surface area contributed by atoms with E-state index in [1.165, 1.54) is 10.8 Å². The first-order chi connectivity index (χ1) is 11.4. The molecule has 3 rings (SSSR count). The van der Waals surface area contributed by atoms with Crippen molar-refractivity contribution in [1.29, 1.82) is 0 Å². The molecule has 0 atom stereocenters. The summed E-state index contributed by atoms with van der Waals surface area (Å²) >= 11 is 0. The number of carboxylic acid groups (broad SMARTS) is 1. The van der Waals surface area contributed by atoms with Gasteiger partial charge in [0.1, 0.15) is 5.75 Å². The first-order valence-electron chi connectivity index (χ1n) is 8.07. The van der Waals surface area contributed by atoms with Crippen LogP contribution in [0, 0.1) is 0 Å². The van der Waals surface area contributed by atoms with Crippen LogP contribution in [0.5, 0.6) is 0 Å². The van der Waals surface area contributed by atoms with Crippen LogP contribution in [0.15, 0.2) is 42.5 Å². The highest BCUT2D eigenvalue weighted by molar-refractivity contribution is 7.92. The molecule has 0 unspecified atom stereocenters. The van der Waals surface area contributed by atoms with Crippen LogP contribution >= 0.6 is 0 Å². The van der Waals surface area contributed by atoms with Crippen molar-refractivity contribution in [3.05, 3.63) is 48.0 Å². The second kappa shape index (κ2) is 6.91. The van der Waals surface area contributed by atoms with Gasteiger partial charge in [-0.3, -0.25) is 9.69 Å². The zero-order chi connectivity index (χ0) is 17.2. The fourth-order valence-electron chi connectivity index (χ4n) is 2.92. The number of fused-ring (bicyclic) bond motifs is 1. The molecule has 0 spiro atoms. The molecule has 0 amide bonds. The average molecular weight is 347 g/mol. The van der Waals surface area contributed by atoms with Crippen LogP contribution in [0.3, 0.4) is 0 Å². The van der Waals surface area contributed by atoms with E-state index in [0.29, 0.717) is 19.1 Å². The summed E-state index contributed by atoms with van der Waals surface area (Å²) < 4.78 is 23.6. The quantitative estimate of drug-likeness (QED) is 0.793. The monoisotopic (exact) mass is 347 g/mol. The molecule has 1 aliphatic carbocycles. The Balaban J connectivity index is 1.68. The fraction of sp³-hybridized carbons (Fsp3) is 0.389. The lowest BCUT2D eigenvalue weighted by atomic mass is 10.1. The molecule has 128 valence electrons. The third-order valence-electron chi connectivity index (χ3n) is 4.30. The smallest absolute Gasteiger partial charge is 0.318 e. The molecule has 0 heterocycles. The number of carbonyl (C=O) groups is 1. The van der Waals surface area contributed by atoms with Gasteiger partial charge in [-0.25, -0.2) is 8.42 Å². The van der Waals surface area contributed by atoms with E-state index in [-0.39, 0.29) is 5.75 Å². The van der Waals surface area contributed by atoms with Gasteiger partial charge in [-0.05, 0) is 35.2 Å². The lowest BCUT2D eigenvalue weighted by Gasteiger charge is -2.22. The minimum atomic E-state index is -3.55. The summed E-state index contributed by atoms with van der Waals surface area (Å²) in [6.45, 7) is 1.07. The highest BCUT2D eigenvalue weighted by Gasteiger charge is 2.30. The van der Waals surface area contributed by atoms with Gasteiger partial charge in [0, 0.05) is 19.1 Å². The molecule has 2 aromatic carbocycles. The first-order valence-corrected chi connectivity index (χ1v) is 9.89. The van der Waals surface area contributed by atoms with Crippen LogP contribution in [0.2, 0.25) is 0 Å². The Morgan fingerprint density at radius 3 is 2.50 bits per heavy atom. The third-order valence-corrected chi connectivity index (χ3v) is 5.79. The van der Waals surface area contributed by atoms with Gasteiger partial charge < -0.3 is 5.11 Å². The van der Waals surface area contributed by atoms with Crippen molar-refractivity contribution < 1.29 is 18.3 Å². The van der Waals surface area contributed by atoms with E-state index in [4.69, 9.17) is 5.11 Å². The van der Waals surface area contributed by atoms with Gasteiger partial charge in [0.25, 0.3) is 0 Å². The van der Waals surface area contributed by atoms with Crippen LogP contribution in [0.4, 0.5) is 0 Å². The molecular weight excluding hydrogens is 326 g/mol. The molecule has 5 nitrogen and oxygen atoms in total. The summed E-state index contributed by atoms with van der Waals surface area (Å²) in [5.41, 5.74) is 1.15. The second-order valence-corrected chi connectivity index (χ2v) is 8.55. The van der Waals surface area contributed by atoms with E-state index in [1.54, 1.807) is 0 Å². The molecule has 24 heavy (non-hydrogen) atoms. The number of benzene rings is 2. The van der Waals surface area contributed by atoms with Crippen molar-refractivity contribution in [3.8, 4) is 0 Å². The zero-order valence-electron chi connectivity index (χ0n) is 13.4.